The van der Waals surface area contributed by atoms with Crippen LogP contribution >= 0.6 is 0 Å². The van der Waals surface area contributed by atoms with Gasteiger partial charge in [0, 0.05) is 57.8 Å². The van der Waals surface area contributed by atoms with Crippen LogP contribution in [0.15, 0.2) is 42.0 Å². The van der Waals surface area contributed by atoms with Crippen LogP contribution in [-0.2, 0) is 16.1 Å². The molecule has 5 rings (SSSR count). The minimum atomic E-state index is -0.243. The molecule has 8 heteroatoms. The Bertz CT molecular complexity index is 1030. The van der Waals surface area contributed by atoms with Gasteiger partial charge in [0.25, 0.3) is 0 Å². The molecule has 194 valence electrons. The van der Waals surface area contributed by atoms with Crippen LogP contribution in [0.3, 0.4) is 0 Å². The van der Waals surface area contributed by atoms with Gasteiger partial charge in [-0.25, -0.2) is 0 Å². The number of nitrogens with one attached hydrogen (secondary N) is 1. The van der Waals surface area contributed by atoms with Crippen molar-refractivity contribution in [2.24, 2.45) is 5.92 Å². The Morgan fingerprint density at radius 1 is 1.17 bits per heavy atom. The van der Waals surface area contributed by atoms with Crippen molar-refractivity contribution in [3.8, 4) is 11.5 Å². The van der Waals surface area contributed by atoms with E-state index in [9.17, 15) is 9.59 Å². The summed E-state index contributed by atoms with van der Waals surface area (Å²) in [5.74, 6) is 2.08. The first-order valence-electron chi connectivity index (χ1n) is 13.2. The Morgan fingerprint density at radius 2 is 1.94 bits per heavy atom. The highest BCUT2D eigenvalue weighted by atomic mass is 16.7. The second-order valence-corrected chi connectivity index (χ2v) is 10.4. The molecule has 0 bridgehead atoms. The van der Waals surface area contributed by atoms with Crippen LogP contribution in [0.5, 0.6) is 11.5 Å². The molecular weight excluding hydrogens is 456 g/mol. The SMILES string of the molecule is C/C=C\C=C(/C)CN(C(=O)C1CC1)C1CC(C(=O)N2CCNCC2)N(Cc2ccc3c(c2)OCO3)C1. The first-order valence-corrected chi connectivity index (χ1v) is 13.2. The summed E-state index contributed by atoms with van der Waals surface area (Å²) in [6.45, 7) is 9.35. The van der Waals surface area contributed by atoms with E-state index in [-0.39, 0.29) is 36.6 Å². The normalized spacial score (nSPS) is 24.5. The third-order valence-electron chi connectivity index (χ3n) is 7.56. The molecule has 0 spiro atoms. The summed E-state index contributed by atoms with van der Waals surface area (Å²) in [5, 5.41) is 3.34. The highest BCUT2D eigenvalue weighted by molar-refractivity contribution is 5.84. The van der Waals surface area contributed by atoms with Gasteiger partial charge in [-0.2, -0.15) is 0 Å². The van der Waals surface area contributed by atoms with Crippen LogP contribution in [0.2, 0.25) is 0 Å². The number of hydrogen-bond donors (Lipinski definition) is 1. The van der Waals surface area contributed by atoms with E-state index in [0.29, 0.717) is 26.1 Å². The fourth-order valence-corrected chi connectivity index (χ4v) is 5.44. The first kappa shape index (κ1) is 24.8. The van der Waals surface area contributed by atoms with Crippen molar-refractivity contribution in [2.45, 2.75) is 51.7 Å². The zero-order valence-electron chi connectivity index (χ0n) is 21.4. The van der Waals surface area contributed by atoms with E-state index in [1.807, 2.05) is 42.2 Å². The number of carbonyl (C=O) groups is 2. The Balaban J connectivity index is 1.38. The molecule has 1 aliphatic carbocycles. The van der Waals surface area contributed by atoms with E-state index in [0.717, 1.165) is 61.7 Å². The topological polar surface area (TPSA) is 74.4 Å². The van der Waals surface area contributed by atoms with Crippen molar-refractivity contribution in [3.05, 3.63) is 47.6 Å². The molecule has 2 atom stereocenters. The van der Waals surface area contributed by atoms with E-state index in [1.165, 1.54) is 0 Å². The maximum atomic E-state index is 13.7. The summed E-state index contributed by atoms with van der Waals surface area (Å²) in [6.07, 6.45) is 8.72. The number of fused-ring (bicyclic) bond motifs is 1. The average Bonchev–Trinajstić information content (AvgIpc) is 3.51. The highest BCUT2D eigenvalue weighted by Crippen LogP contribution is 2.36. The van der Waals surface area contributed by atoms with Crippen LogP contribution in [-0.4, -0.2) is 84.7 Å². The zero-order valence-corrected chi connectivity index (χ0v) is 21.4. The lowest BCUT2D eigenvalue weighted by Crippen LogP contribution is -2.52. The molecule has 1 N–H and O–H groups in total. The van der Waals surface area contributed by atoms with Crippen molar-refractivity contribution in [2.75, 3.05) is 46.1 Å². The minimum Gasteiger partial charge on any atom is -0.454 e. The summed E-state index contributed by atoms with van der Waals surface area (Å²) in [7, 11) is 0. The number of carbonyl (C=O) groups excluding carboxylic acids is 2. The van der Waals surface area contributed by atoms with Gasteiger partial charge < -0.3 is 24.6 Å². The number of likely N-dealkylation sites (tertiary alicyclic amines) is 1. The number of amides is 2. The number of rotatable bonds is 8. The van der Waals surface area contributed by atoms with Crippen molar-refractivity contribution >= 4 is 11.8 Å². The molecule has 2 amide bonds. The third kappa shape index (κ3) is 5.60. The van der Waals surface area contributed by atoms with E-state index in [1.54, 1.807) is 0 Å². The van der Waals surface area contributed by atoms with Gasteiger partial charge in [-0.3, -0.25) is 14.5 Å². The monoisotopic (exact) mass is 494 g/mol. The minimum absolute atomic E-state index is 0.0120. The number of hydrogen-bond acceptors (Lipinski definition) is 6. The lowest BCUT2D eigenvalue weighted by Gasteiger charge is -2.32. The molecule has 0 aromatic heterocycles. The van der Waals surface area contributed by atoms with Crippen LogP contribution in [0.1, 0.15) is 38.7 Å². The van der Waals surface area contributed by atoms with Crippen molar-refractivity contribution in [1.82, 2.24) is 20.0 Å². The van der Waals surface area contributed by atoms with Gasteiger partial charge in [0.2, 0.25) is 18.6 Å². The molecule has 3 heterocycles. The highest BCUT2D eigenvalue weighted by Gasteiger charge is 2.44. The molecule has 8 nitrogen and oxygen atoms in total. The molecule has 2 saturated heterocycles. The number of allylic oxidation sites excluding steroid dienone is 3. The van der Waals surface area contributed by atoms with Gasteiger partial charge in [-0.05, 0) is 50.8 Å². The summed E-state index contributed by atoms with van der Waals surface area (Å²) < 4.78 is 11.1. The van der Waals surface area contributed by atoms with E-state index in [2.05, 4.69) is 28.1 Å². The second kappa shape index (κ2) is 11.0. The van der Waals surface area contributed by atoms with E-state index >= 15 is 0 Å². The predicted octanol–water partition coefficient (Wildman–Crippen LogP) is 2.55. The quantitative estimate of drug-likeness (QED) is 0.560. The van der Waals surface area contributed by atoms with E-state index in [4.69, 9.17) is 9.47 Å². The summed E-state index contributed by atoms with van der Waals surface area (Å²) in [5.41, 5.74) is 2.24. The molecule has 3 aliphatic heterocycles. The fourth-order valence-electron chi connectivity index (χ4n) is 5.44. The maximum absolute atomic E-state index is 13.7. The van der Waals surface area contributed by atoms with E-state index < -0.39 is 0 Å². The molecular formula is C28H38N4O4. The lowest BCUT2D eigenvalue weighted by atomic mass is 10.1. The Labute approximate surface area is 213 Å². The van der Waals surface area contributed by atoms with Gasteiger partial charge >= 0.3 is 0 Å². The van der Waals surface area contributed by atoms with Crippen LogP contribution < -0.4 is 14.8 Å². The summed E-state index contributed by atoms with van der Waals surface area (Å²) >= 11 is 0. The van der Waals surface area contributed by atoms with Crippen molar-refractivity contribution in [3.63, 3.8) is 0 Å². The average molecular weight is 495 g/mol. The summed E-state index contributed by atoms with van der Waals surface area (Å²) in [4.78, 5) is 33.4. The smallest absolute Gasteiger partial charge is 0.240 e. The van der Waals surface area contributed by atoms with Gasteiger partial charge in [-0.1, -0.05) is 29.9 Å². The zero-order chi connectivity index (χ0) is 25.1. The number of piperazine rings is 1. The number of ether oxygens (including phenoxy) is 2. The van der Waals surface area contributed by atoms with Crippen LogP contribution in [0.25, 0.3) is 0 Å². The van der Waals surface area contributed by atoms with Gasteiger partial charge in [0.15, 0.2) is 11.5 Å². The number of benzene rings is 1. The van der Waals surface area contributed by atoms with Crippen molar-refractivity contribution < 1.29 is 19.1 Å². The summed E-state index contributed by atoms with van der Waals surface area (Å²) in [6, 6.07) is 5.77. The molecule has 3 fully saturated rings. The predicted molar refractivity (Wildman–Crippen MR) is 138 cm³/mol. The van der Waals surface area contributed by atoms with Gasteiger partial charge in [0.1, 0.15) is 0 Å². The molecule has 1 aromatic rings. The van der Waals surface area contributed by atoms with Gasteiger partial charge in [0.05, 0.1) is 6.04 Å². The Hall–Kier alpha value is -2.84. The van der Waals surface area contributed by atoms with Crippen LogP contribution in [0, 0.1) is 5.92 Å². The molecule has 4 aliphatic rings. The van der Waals surface area contributed by atoms with Crippen LogP contribution in [0.4, 0.5) is 0 Å². The second-order valence-electron chi connectivity index (χ2n) is 10.4. The fraction of sp³-hybridized carbons (Fsp3) is 0.571. The maximum Gasteiger partial charge on any atom is 0.240 e. The first-order chi connectivity index (χ1) is 17.5. The molecule has 2 unspecified atom stereocenters. The molecule has 1 saturated carbocycles. The largest absolute Gasteiger partial charge is 0.454 e. The number of nitrogens with zero attached hydrogens (tertiary/aromatic N) is 3. The Morgan fingerprint density at radius 3 is 2.69 bits per heavy atom. The standard InChI is InChI=1S/C28H38N4O4/c1-3-4-5-20(2)16-32(27(33)22-7-8-22)23-15-24(28(34)30-12-10-29-11-13-30)31(18-23)17-21-6-9-25-26(14-21)36-19-35-25/h3-6,9,14,22-24,29H,7-8,10-13,15-19H2,1-2H3/b4-3-,20-5+. The molecule has 1 aromatic carbocycles. The Kier molecular flexibility index (Phi) is 7.62. The molecule has 0 radical (unpaired) electrons. The van der Waals surface area contributed by atoms with Gasteiger partial charge in [-0.15, -0.1) is 0 Å². The molecule has 36 heavy (non-hydrogen) atoms. The third-order valence-corrected chi connectivity index (χ3v) is 7.56. The van der Waals surface area contributed by atoms with Crippen molar-refractivity contribution in [1.29, 1.82) is 0 Å². The lowest BCUT2D eigenvalue weighted by molar-refractivity contribution is -0.137.